The number of nitrogens with one attached hydrogen (secondary N) is 1. The molecule has 0 aromatic heterocycles. The number of amides is 1. The van der Waals surface area contributed by atoms with Crippen LogP contribution in [0.1, 0.15) is 18.4 Å². The van der Waals surface area contributed by atoms with Crippen LogP contribution in [0.2, 0.25) is 0 Å². The van der Waals surface area contributed by atoms with Gasteiger partial charge in [0.15, 0.2) is 0 Å². The van der Waals surface area contributed by atoms with E-state index in [0.29, 0.717) is 32.8 Å². The minimum Gasteiger partial charge on any atom is -0.493 e. The van der Waals surface area contributed by atoms with Crippen LogP contribution in [0.3, 0.4) is 0 Å². The highest BCUT2D eigenvalue weighted by atomic mass is 16.5. The summed E-state index contributed by atoms with van der Waals surface area (Å²) in [4.78, 5) is 11.5. The fourth-order valence-corrected chi connectivity index (χ4v) is 1.63. The van der Waals surface area contributed by atoms with E-state index in [1.165, 1.54) is 0 Å². The number of aliphatic hydroxyl groups excluding tert-OH is 1. The van der Waals surface area contributed by atoms with Gasteiger partial charge in [0.2, 0.25) is 5.91 Å². The fourth-order valence-electron chi connectivity index (χ4n) is 1.63. The summed E-state index contributed by atoms with van der Waals surface area (Å²) in [5.74, 6) is 0.790. The lowest BCUT2D eigenvalue weighted by atomic mass is 10.2. The van der Waals surface area contributed by atoms with Crippen molar-refractivity contribution in [3.05, 3.63) is 29.8 Å². The van der Waals surface area contributed by atoms with Crippen molar-refractivity contribution in [2.75, 3.05) is 33.0 Å². The van der Waals surface area contributed by atoms with E-state index in [1.54, 1.807) is 0 Å². The Kier molecular flexibility index (Phi) is 8.42. The molecule has 112 valence electrons. The zero-order chi connectivity index (χ0) is 14.6. The number of aliphatic hydroxyl groups is 1. The average molecular weight is 281 g/mol. The standard InChI is InChI=1S/C15H23NO4/c1-13-5-2-3-6-14(13)20-11-7-15(18)16-8-4-10-19-12-9-17/h2-3,5-6,17H,4,7-12H2,1H3,(H,16,18). The zero-order valence-electron chi connectivity index (χ0n) is 11.9. The van der Waals surface area contributed by atoms with Crippen LogP contribution in [0, 0.1) is 6.92 Å². The van der Waals surface area contributed by atoms with E-state index in [4.69, 9.17) is 14.6 Å². The second-order valence-electron chi connectivity index (χ2n) is 4.40. The molecule has 0 aliphatic rings. The van der Waals surface area contributed by atoms with E-state index in [0.717, 1.165) is 17.7 Å². The van der Waals surface area contributed by atoms with E-state index < -0.39 is 0 Å². The average Bonchev–Trinajstić information content (AvgIpc) is 2.45. The molecule has 0 atom stereocenters. The molecule has 0 radical (unpaired) electrons. The van der Waals surface area contributed by atoms with Crippen molar-refractivity contribution in [1.82, 2.24) is 5.32 Å². The molecule has 1 aromatic carbocycles. The third-order valence-electron chi connectivity index (χ3n) is 2.70. The minimum absolute atomic E-state index is 0.0271. The Bertz CT molecular complexity index is 395. The summed E-state index contributed by atoms with van der Waals surface area (Å²) in [7, 11) is 0. The number of hydrogen-bond donors (Lipinski definition) is 2. The molecule has 0 heterocycles. The van der Waals surface area contributed by atoms with Crippen LogP contribution in [0.4, 0.5) is 0 Å². The SMILES string of the molecule is Cc1ccccc1OCCC(=O)NCCCOCCO. The summed E-state index contributed by atoms with van der Waals surface area (Å²) in [5, 5.41) is 11.3. The Hall–Kier alpha value is -1.59. The molecule has 2 N–H and O–H groups in total. The first-order valence-electron chi connectivity index (χ1n) is 6.87. The molecule has 0 fully saturated rings. The zero-order valence-corrected chi connectivity index (χ0v) is 11.9. The van der Waals surface area contributed by atoms with Crippen LogP contribution < -0.4 is 10.1 Å². The number of hydrogen-bond acceptors (Lipinski definition) is 4. The molecule has 5 heteroatoms. The normalized spacial score (nSPS) is 10.3. The van der Waals surface area contributed by atoms with E-state index in [1.807, 2.05) is 31.2 Å². The molecule has 0 saturated carbocycles. The molecule has 0 saturated heterocycles. The summed E-state index contributed by atoms with van der Waals surface area (Å²) < 4.78 is 10.6. The van der Waals surface area contributed by atoms with Crippen LogP contribution in [0.25, 0.3) is 0 Å². The Labute approximate surface area is 119 Å². The highest BCUT2D eigenvalue weighted by Crippen LogP contribution is 2.15. The summed E-state index contributed by atoms with van der Waals surface area (Å²) in [6.45, 7) is 3.84. The molecule has 1 aromatic rings. The number of rotatable bonds is 10. The van der Waals surface area contributed by atoms with E-state index >= 15 is 0 Å². The maximum absolute atomic E-state index is 11.5. The van der Waals surface area contributed by atoms with Crippen molar-refractivity contribution < 1.29 is 19.4 Å². The van der Waals surface area contributed by atoms with Gasteiger partial charge in [0.1, 0.15) is 5.75 Å². The van der Waals surface area contributed by atoms with Gasteiger partial charge in [-0.05, 0) is 25.0 Å². The molecule has 0 bridgehead atoms. The quantitative estimate of drug-likeness (QED) is 0.634. The van der Waals surface area contributed by atoms with Gasteiger partial charge in [0.05, 0.1) is 26.2 Å². The topological polar surface area (TPSA) is 67.8 Å². The third kappa shape index (κ3) is 7.11. The van der Waals surface area contributed by atoms with Gasteiger partial charge in [-0.15, -0.1) is 0 Å². The molecular formula is C15H23NO4. The van der Waals surface area contributed by atoms with Crippen molar-refractivity contribution in [1.29, 1.82) is 0 Å². The van der Waals surface area contributed by atoms with Crippen LogP contribution >= 0.6 is 0 Å². The minimum atomic E-state index is -0.0271. The van der Waals surface area contributed by atoms with Gasteiger partial charge >= 0.3 is 0 Å². The monoisotopic (exact) mass is 281 g/mol. The van der Waals surface area contributed by atoms with Gasteiger partial charge in [0, 0.05) is 13.2 Å². The van der Waals surface area contributed by atoms with Gasteiger partial charge < -0.3 is 19.9 Å². The smallest absolute Gasteiger partial charge is 0.223 e. The lowest BCUT2D eigenvalue weighted by molar-refractivity contribution is -0.121. The highest BCUT2D eigenvalue weighted by molar-refractivity contribution is 5.75. The molecule has 1 amide bonds. The van der Waals surface area contributed by atoms with E-state index in [2.05, 4.69) is 5.32 Å². The number of carbonyl (C=O) groups excluding carboxylic acids is 1. The van der Waals surface area contributed by atoms with Crippen LogP contribution in [-0.2, 0) is 9.53 Å². The molecule has 5 nitrogen and oxygen atoms in total. The summed E-state index contributed by atoms with van der Waals surface area (Å²) in [5.41, 5.74) is 1.06. The molecule has 0 aliphatic heterocycles. The molecular weight excluding hydrogens is 258 g/mol. The van der Waals surface area contributed by atoms with Crippen molar-refractivity contribution >= 4 is 5.91 Å². The van der Waals surface area contributed by atoms with Gasteiger partial charge in [-0.25, -0.2) is 0 Å². The van der Waals surface area contributed by atoms with Gasteiger partial charge in [-0.3, -0.25) is 4.79 Å². The molecule has 0 unspecified atom stereocenters. The highest BCUT2D eigenvalue weighted by Gasteiger charge is 2.02. The predicted octanol–water partition coefficient (Wildman–Crippen LogP) is 1.28. The second kappa shape index (κ2) is 10.2. The molecule has 0 aliphatic carbocycles. The predicted molar refractivity (Wildman–Crippen MR) is 76.8 cm³/mol. The summed E-state index contributed by atoms with van der Waals surface area (Å²) in [6.07, 6.45) is 1.08. The van der Waals surface area contributed by atoms with Gasteiger partial charge in [-0.1, -0.05) is 18.2 Å². The summed E-state index contributed by atoms with van der Waals surface area (Å²) >= 11 is 0. The van der Waals surface area contributed by atoms with Crippen molar-refractivity contribution in [3.63, 3.8) is 0 Å². The largest absolute Gasteiger partial charge is 0.493 e. The van der Waals surface area contributed by atoms with E-state index in [-0.39, 0.29) is 12.5 Å². The molecule has 0 spiro atoms. The van der Waals surface area contributed by atoms with Crippen LogP contribution in [-0.4, -0.2) is 44.0 Å². The number of para-hydroxylation sites is 1. The number of carbonyl (C=O) groups is 1. The van der Waals surface area contributed by atoms with Crippen LogP contribution in [0.5, 0.6) is 5.75 Å². The first-order chi connectivity index (χ1) is 9.74. The lowest BCUT2D eigenvalue weighted by Crippen LogP contribution is -2.26. The van der Waals surface area contributed by atoms with Gasteiger partial charge in [0.25, 0.3) is 0 Å². The molecule has 1 rings (SSSR count). The van der Waals surface area contributed by atoms with Gasteiger partial charge in [-0.2, -0.15) is 0 Å². The fraction of sp³-hybridized carbons (Fsp3) is 0.533. The number of ether oxygens (including phenoxy) is 2. The first-order valence-corrected chi connectivity index (χ1v) is 6.87. The maximum atomic E-state index is 11.5. The Morgan fingerprint density at radius 1 is 1.25 bits per heavy atom. The second-order valence-corrected chi connectivity index (χ2v) is 4.40. The number of aryl methyl sites for hydroxylation is 1. The molecule has 20 heavy (non-hydrogen) atoms. The lowest BCUT2D eigenvalue weighted by Gasteiger charge is -2.09. The number of benzene rings is 1. The van der Waals surface area contributed by atoms with Crippen molar-refractivity contribution in [2.24, 2.45) is 0 Å². The third-order valence-corrected chi connectivity index (χ3v) is 2.70. The van der Waals surface area contributed by atoms with E-state index in [9.17, 15) is 4.79 Å². The van der Waals surface area contributed by atoms with Crippen molar-refractivity contribution in [2.45, 2.75) is 19.8 Å². The van der Waals surface area contributed by atoms with Crippen LogP contribution in [0.15, 0.2) is 24.3 Å². The Morgan fingerprint density at radius 3 is 2.80 bits per heavy atom. The Balaban J connectivity index is 2.04. The maximum Gasteiger partial charge on any atom is 0.223 e. The first kappa shape index (κ1) is 16.5. The summed E-state index contributed by atoms with van der Waals surface area (Å²) in [6, 6.07) is 7.73. The Morgan fingerprint density at radius 2 is 2.05 bits per heavy atom. The van der Waals surface area contributed by atoms with Crippen molar-refractivity contribution in [3.8, 4) is 5.75 Å².